The molecular formula is C15H20FNO3S. The van der Waals surface area contributed by atoms with Gasteiger partial charge in [0.05, 0.1) is 5.41 Å². The molecule has 1 aromatic carbocycles. The van der Waals surface area contributed by atoms with Crippen LogP contribution in [0.5, 0.6) is 0 Å². The number of benzene rings is 1. The van der Waals surface area contributed by atoms with E-state index in [0.717, 1.165) is 0 Å². The van der Waals surface area contributed by atoms with Crippen molar-refractivity contribution in [3.8, 4) is 0 Å². The zero-order chi connectivity index (χ0) is 15.9. The summed E-state index contributed by atoms with van der Waals surface area (Å²) in [6, 6.07) is 6.43. The molecule has 0 radical (unpaired) electrons. The zero-order valence-electron chi connectivity index (χ0n) is 12.2. The highest BCUT2D eigenvalue weighted by atomic mass is 32.2. The number of nitrogens with one attached hydrogen (secondary N) is 1. The quantitative estimate of drug-likeness (QED) is 0.724. The lowest BCUT2D eigenvalue weighted by molar-refractivity contribution is -0.147. The zero-order valence-corrected chi connectivity index (χ0v) is 13.0. The average Bonchev–Trinajstić information content (AvgIpc) is 2.40. The number of rotatable bonds is 8. The Labute approximate surface area is 128 Å². The van der Waals surface area contributed by atoms with Gasteiger partial charge in [0.1, 0.15) is 5.82 Å². The second kappa shape index (κ2) is 8.02. The predicted molar refractivity (Wildman–Crippen MR) is 80.8 cm³/mol. The molecule has 21 heavy (non-hydrogen) atoms. The van der Waals surface area contributed by atoms with Gasteiger partial charge in [0.15, 0.2) is 0 Å². The van der Waals surface area contributed by atoms with Gasteiger partial charge in [-0.3, -0.25) is 9.59 Å². The number of aliphatic carboxylic acids is 1. The van der Waals surface area contributed by atoms with Crippen LogP contribution >= 0.6 is 11.8 Å². The van der Waals surface area contributed by atoms with Crippen LogP contribution in [0.2, 0.25) is 0 Å². The summed E-state index contributed by atoms with van der Waals surface area (Å²) < 4.78 is 13.3. The van der Waals surface area contributed by atoms with Gasteiger partial charge in [-0.1, -0.05) is 12.1 Å². The van der Waals surface area contributed by atoms with Crippen molar-refractivity contribution < 1.29 is 19.1 Å². The number of carbonyl (C=O) groups is 2. The van der Waals surface area contributed by atoms with Crippen LogP contribution in [-0.2, 0) is 9.59 Å². The van der Waals surface area contributed by atoms with E-state index in [1.54, 1.807) is 32.0 Å². The van der Waals surface area contributed by atoms with E-state index in [9.17, 15) is 14.0 Å². The second-order valence-corrected chi connectivity index (χ2v) is 6.45. The Morgan fingerprint density at radius 3 is 2.62 bits per heavy atom. The highest BCUT2D eigenvalue weighted by Crippen LogP contribution is 2.22. The maximum absolute atomic E-state index is 13.3. The number of carbonyl (C=O) groups excluding carboxylic acids is 1. The third kappa shape index (κ3) is 6.16. The normalized spacial score (nSPS) is 11.2. The van der Waals surface area contributed by atoms with E-state index in [1.165, 1.54) is 17.8 Å². The van der Waals surface area contributed by atoms with Crippen molar-refractivity contribution in [1.82, 2.24) is 5.32 Å². The van der Waals surface area contributed by atoms with Crippen molar-refractivity contribution in [2.45, 2.75) is 31.6 Å². The van der Waals surface area contributed by atoms with Crippen LogP contribution < -0.4 is 5.32 Å². The molecule has 0 fully saturated rings. The number of amides is 1. The molecule has 4 nitrogen and oxygen atoms in total. The second-order valence-electron chi connectivity index (χ2n) is 5.32. The molecule has 0 saturated heterocycles. The fourth-order valence-electron chi connectivity index (χ4n) is 1.53. The Hall–Kier alpha value is -1.56. The van der Waals surface area contributed by atoms with Gasteiger partial charge in [-0.15, -0.1) is 11.8 Å². The number of thioether (sulfide) groups is 1. The lowest BCUT2D eigenvalue weighted by atomic mass is 9.90. The van der Waals surface area contributed by atoms with Crippen LogP contribution in [0.15, 0.2) is 29.2 Å². The number of hydrogen-bond donors (Lipinski definition) is 2. The lowest BCUT2D eigenvalue weighted by Crippen LogP contribution is -2.32. The summed E-state index contributed by atoms with van der Waals surface area (Å²) >= 11 is 1.29. The molecule has 2 N–H and O–H groups in total. The smallest absolute Gasteiger partial charge is 0.309 e. The van der Waals surface area contributed by atoms with E-state index in [1.807, 2.05) is 0 Å². The highest BCUT2D eigenvalue weighted by Gasteiger charge is 2.26. The molecule has 1 amide bonds. The molecule has 0 aliphatic heterocycles. The molecule has 0 spiro atoms. The Balaban J connectivity index is 2.23. The molecule has 0 bridgehead atoms. The molecule has 0 heterocycles. The van der Waals surface area contributed by atoms with E-state index in [4.69, 9.17) is 5.11 Å². The Kier molecular flexibility index (Phi) is 6.68. The first kappa shape index (κ1) is 17.5. The lowest BCUT2D eigenvalue weighted by Gasteiger charge is -2.18. The number of carboxylic acid groups (broad SMARTS) is 1. The molecule has 0 unspecified atom stereocenters. The topological polar surface area (TPSA) is 66.4 Å². The van der Waals surface area contributed by atoms with Crippen LogP contribution in [-0.4, -0.2) is 29.3 Å². The number of halogens is 1. The SMILES string of the molecule is CC(C)(CCNC(=O)CCSc1ccccc1F)C(=O)O. The molecule has 6 heteroatoms. The molecule has 0 aromatic heterocycles. The minimum Gasteiger partial charge on any atom is -0.481 e. The van der Waals surface area contributed by atoms with Crippen molar-refractivity contribution in [1.29, 1.82) is 0 Å². The molecule has 0 aliphatic carbocycles. The van der Waals surface area contributed by atoms with Gasteiger partial charge in [0.25, 0.3) is 0 Å². The first-order chi connectivity index (χ1) is 9.83. The van der Waals surface area contributed by atoms with Gasteiger partial charge in [0, 0.05) is 23.6 Å². The van der Waals surface area contributed by atoms with Crippen LogP contribution in [0.3, 0.4) is 0 Å². The van der Waals surface area contributed by atoms with Gasteiger partial charge in [-0.2, -0.15) is 0 Å². The van der Waals surface area contributed by atoms with Crippen LogP contribution in [0.4, 0.5) is 4.39 Å². The highest BCUT2D eigenvalue weighted by molar-refractivity contribution is 7.99. The van der Waals surface area contributed by atoms with E-state index in [2.05, 4.69) is 5.32 Å². The largest absolute Gasteiger partial charge is 0.481 e. The summed E-state index contributed by atoms with van der Waals surface area (Å²) in [7, 11) is 0. The van der Waals surface area contributed by atoms with Crippen molar-refractivity contribution in [2.24, 2.45) is 5.41 Å². The summed E-state index contributed by atoms with van der Waals surface area (Å²) in [5.41, 5.74) is -0.852. The summed E-state index contributed by atoms with van der Waals surface area (Å²) in [6.07, 6.45) is 0.640. The first-order valence-corrected chi connectivity index (χ1v) is 7.69. The van der Waals surface area contributed by atoms with Gasteiger partial charge in [-0.05, 0) is 32.4 Å². The molecular weight excluding hydrogens is 293 g/mol. The molecule has 0 aliphatic rings. The minimum atomic E-state index is -0.883. The Morgan fingerprint density at radius 2 is 2.00 bits per heavy atom. The third-order valence-corrected chi connectivity index (χ3v) is 4.12. The summed E-state index contributed by atoms with van der Waals surface area (Å²) in [4.78, 5) is 23.0. The van der Waals surface area contributed by atoms with Gasteiger partial charge in [-0.25, -0.2) is 4.39 Å². The Morgan fingerprint density at radius 1 is 1.33 bits per heavy atom. The Bertz CT molecular complexity index is 505. The molecule has 116 valence electrons. The molecule has 0 atom stereocenters. The summed E-state index contributed by atoms with van der Waals surface area (Å²) in [5.74, 6) is -0.840. The maximum atomic E-state index is 13.3. The molecule has 1 rings (SSSR count). The minimum absolute atomic E-state index is 0.153. The van der Waals surface area contributed by atoms with Gasteiger partial charge in [0.2, 0.25) is 5.91 Å². The van der Waals surface area contributed by atoms with Gasteiger partial charge >= 0.3 is 5.97 Å². The predicted octanol–water partition coefficient (Wildman–Crippen LogP) is 2.93. The fourth-order valence-corrected chi connectivity index (χ4v) is 2.41. The van der Waals surface area contributed by atoms with E-state index in [0.29, 0.717) is 23.6 Å². The summed E-state index contributed by atoms with van der Waals surface area (Å²) in [5, 5.41) is 11.6. The van der Waals surface area contributed by atoms with Gasteiger partial charge < -0.3 is 10.4 Å². The van der Waals surface area contributed by atoms with Crippen molar-refractivity contribution in [2.75, 3.05) is 12.3 Å². The van der Waals surface area contributed by atoms with Crippen LogP contribution in [0.25, 0.3) is 0 Å². The van der Waals surface area contributed by atoms with Crippen molar-refractivity contribution in [3.05, 3.63) is 30.1 Å². The fraction of sp³-hybridized carbons (Fsp3) is 0.467. The molecule has 0 saturated carbocycles. The van der Waals surface area contributed by atoms with E-state index >= 15 is 0 Å². The average molecular weight is 313 g/mol. The van der Waals surface area contributed by atoms with E-state index in [-0.39, 0.29) is 18.1 Å². The maximum Gasteiger partial charge on any atom is 0.309 e. The number of carboxylic acids is 1. The molecule has 1 aromatic rings. The monoisotopic (exact) mass is 313 g/mol. The third-order valence-electron chi connectivity index (χ3n) is 3.07. The van der Waals surface area contributed by atoms with Crippen LogP contribution in [0.1, 0.15) is 26.7 Å². The van der Waals surface area contributed by atoms with Crippen molar-refractivity contribution in [3.63, 3.8) is 0 Å². The first-order valence-electron chi connectivity index (χ1n) is 6.70. The summed E-state index contributed by atoms with van der Waals surface area (Å²) in [6.45, 7) is 3.56. The van der Waals surface area contributed by atoms with Crippen molar-refractivity contribution >= 4 is 23.6 Å². The van der Waals surface area contributed by atoms with E-state index < -0.39 is 11.4 Å². The van der Waals surface area contributed by atoms with Crippen LogP contribution in [0, 0.1) is 11.2 Å². The number of hydrogen-bond acceptors (Lipinski definition) is 3. The standard InChI is InChI=1S/C15H20FNO3S/c1-15(2,14(19)20)8-9-17-13(18)7-10-21-12-6-4-3-5-11(12)16/h3-6H,7-10H2,1-2H3,(H,17,18)(H,19,20).